The van der Waals surface area contributed by atoms with E-state index in [4.69, 9.17) is 0 Å². The fourth-order valence-corrected chi connectivity index (χ4v) is 5.83. The van der Waals surface area contributed by atoms with Gasteiger partial charge >= 0.3 is 12.5 Å². The Morgan fingerprint density at radius 1 is 1.02 bits per heavy atom. The number of carbonyl (C=O) groups is 1. The number of sulfonamides is 1. The lowest BCUT2D eigenvalue weighted by atomic mass is 9.95. The smallest absolute Gasteiger partial charge is 0.406 e. The van der Waals surface area contributed by atoms with Crippen molar-refractivity contribution in [3.05, 3.63) is 88.2 Å². The molecule has 1 amide bonds. The molecule has 0 saturated heterocycles. The molecule has 0 atom stereocenters. The van der Waals surface area contributed by atoms with E-state index in [0.29, 0.717) is 34.5 Å². The monoisotopic (exact) mass is 590 g/mol. The lowest BCUT2D eigenvalue weighted by Gasteiger charge is -2.30. The number of carbonyl (C=O) groups excluding carboxylic acids is 1. The summed E-state index contributed by atoms with van der Waals surface area (Å²) in [6, 6.07) is 9.57. The molecule has 3 aromatic carbocycles. The van der Waals surface area contributed by atoms with Crippen LogP contribution in [0.15, 0.2) is 59.5 Å². The molecule has 1 heterocycles. The Bertz CT molecular complexity index is 1550. The summed E-state index contributed by atoms with van der Waals surface area (Å²) in [7, 11) is -4.20. The molecule has 0 aliphatic carbocycles. The van der Waals surface area contributed by atoms with Crippen LogP contribution in [0.3, 0.4) is 0 Å². The van der Waals surface area contributed by atoms with Gasteiger partial charge in [-0.2, -0.15) is 17.5 Å². The molecule has 0 spiro atoms. The fraction of sp³-hybridized carbons (Fsp3) is 0.269. The standard InChI is InChI=1S/C26H21F7N2O4S/c1-15-5-7-17-14-35(40(37,38)19-4-2-3-18(13-19)39-26(31,32)33)10-9-20(17)24(15)34-23(36)12-16-6-8-21(22(27)11-16)25(28,29)30/h2-8,11,13H,9-10,12,14H2,1H3,(H,34,36). The van der Waals surface area contributed by atoms with E-state index in [1.54, 1.807) is 19.1 Å². The summed E-state index contributed by atoms with van der Waals surface area (Å²) in [5.74, 6) is -2.80. The lowest BCUT2D eigenvalue weighted by molar-refractivity contribution is -0.274. The largest absolute Gasteiger partial charge is 0.573 e. The molecule has 0 saturated carbocycles. The molecule has 1 aliphatic heterocycles. The molecule has 3 aromatic rings. The maximum absolute atomic E-state index is 13.9. The normalized spacial score (nSPS) is 14.5. The van der Waals surface area contributed by atoms with E-state index in [2.05, 4.69) is 10.1 Å². The SMILES string of the molecule is Cc1ccc2c(c1NC(=O)Cc1ccc(C(F)(F)F)c(F)c1)CCN(S(=O)(=O)c1cccc(OC(F)(F)F)c1)C2. The third-order valence-electron chi connectivity index (χ3n) is 6.22. The number of alkyl halides is 6. The van der Waals surface area contributed by atoms with Gasteiger partial charge < -0.3 is 10.1 Å². The first-order chi connectivity index (χ1) is 18.5. The molecule has 0 aromatic heterocycles. The van der Waals surface area contributed by atoms with Crippen LogP contribution in [-0.2, 0) is 40.4 Å². The Morgan fingerprint density at radius 2 is 1.75 bits per heavy atom. The van der Waals surface area contributed by atoms with Crippen LogP contribution in [-0.4, -0.2) is 31.5 Å². The topological polar surface area (TPSA) is 75.7 Å². The molecule has 0 fully saturated rings. The second kappa shape index (κ2) is 10.7. The molecule has 4 rings (SSSR count). The predicted molar refractivity (Wildman–Crippen MR) is 129 cm³/mol. The highest BCUT2D eigenvalue weighted by Crippen LogP contribution is 2.34. The number of nitrogens with zero attached hydrogens (tertiary/aromatic N) is 1. The van der Waals surface area contributed by atoms with Crippen LogP contribution in [0.1, 0.15) is 27.8 Å². The van der Waals surface area contributed by atoms with Gasteiger partial charge in [-0.25, -0.2) is 12.8 Å². The number of fused-ring (bicyclic) bond motifs is 1. The first kappa shape index (κ1) is 29.3. The van der Waals surface area contributed by atoms with Gasteiger partial charge in [-0.3, -0.25) is 4.79 Å². The van der Waals surface area contributed by atoms with Gasteiger partial charge in [-0.1, -0.05) is 24.3 Å². The van der Waals surface area contributed by atoms with E-state index < -0.39 is 52.0 Å². The third kappa shape index (κ3) is 6.55. The average molecular weight is 591 g/mol. The van der Waals surface area contributed by atoms with Gasteiger partial charge in [0.1, 0.15) is 11.6 Å². The first-order valence-corrected chi connectivity index (χ1v) is 13.1. The molecule has 214 valence electrons. The summed E-state index contributed by atoms with van der Waals surface area (Å²) in [5.41, 5.74) is 0.793. The maximum Gasteiger partial charge on any atom is 0.573 e. The number of hydrogen-bond acceptors (Lipinski definition) is 4. The van der Waals surface area contributed by atoms with E-state index in [-0.39, 0.29) is 30.0 Å². The number of nitrogens with one attached hydrogen (secondary N) is 1. The summed E-state index contributed by atoms with van der Waals surface area (Å²) in [6.07, 6.45) is -10.1. The number of halogens is 7. The van der Waals surface area contributed by atoms with Crippen molar-refractivity contribution in [1.29, 1.82) is 0 Å². The molecule has 1 N–H and O–H groups in total. The highest BCUT2D eigenvalue weighted by molar-refractivity contribution is 7.89. The molecule has 14 heteroatoms. The van der Waals surface area contributed by atoms with E-state index in [1.807, 2.05) is 0 Å². The molecule has 0 radical (unpaired) electrons. The molecule has 0 unspecified atom stereocenters. The molecule has 6 nitrogen and oxygen atoms in total. The Balaban J connectivity index is 1.52. The highest BCUT2D eigenvalue weighted by Gasteiger charge is 2.35. The number of anilines is 1. The zero-order valence-electron chi connectivity index (χ0n) is 20.7. The van der Waals surface area contributed by atoms with Crippen LogP contribution in [0, 0.1) is 12.7 Å². The number of rotatable bonds is 6. The van der Waals surface area contributed by atoms with Gasteiger partial charge in [0.2, 0.25) is 15.9 Å². The van der Waals surface area contributed by atoms with Crippen molar-refractivity contribution in [2.45, 2.75) is 43.7 Å². The van der Waals surface area contributed by atoms with Crippen LogP contribution in [0.4, 0.5) is 36.4 Å². The van der Waals surface area contributed by atoms with Crippen molar-refractivity contribution in [2.24, 2.45) is 0 Å². The second-order valence-electron chi connectivity index (χ2n) is 9.04. The predicted octanol–water partition coefficient (Wildman–Crippen LogP) is 5.98. The summed E-state index contributed by atoms with van der Waals surface area (Å²) in [5, 5.41) is 2.69. The minimum Gasteiger partial charge on any atom is -0.406 e. The van der Waals surface area contributed by atoms with Crippen LogP contribution in [0.25, 0.3) is 0 Å². The maximum atomic E-state index is 13.9. The Morgan fingerprint density at radius 3 is 2.40 bits per heavy atom. The van der Waals surface area contributed by atoms with E-state index in [1.165, 1.54) is 0 Å². The lowest BCUT2D eigenvalue weighted by Crippen LogP contribution is -2.36. The Hall–Kier alpha value is -3.65. The molecule has 40 heavy (non-hydrogen) atoms. The number of ether oxygens (including phenoxy) is 1. The zero-order valence-corrected chi connectivity index (χ0v) is 21.5. The van der Waals surface area contributed by atoms with Crippen LogP contribution in [0.5, 0.6) is 5.75 Å². The van der Waals surface area contributed by atoms with Crippen molar-refractivity contribution in [2.75, 3.05) is 11.9 Å². The summed E-state index contributed by atoms with van der Waals surface area (Å²) >= 11 is 0. The van der Waals surface area contributed by atoms with Crippen LogP contribution < -0.4 is 10.1 Å². The minimum atomic E-state index is -4.99. The van der Waals surface area contributed by atoms with Crippen molar-refractivity contribution in [3.63, 3.8) is 0 Å². The number of amides is 1. The Kier molecular flexibility index (Phi) is 7.87. The molecule has 0 bridgehead atoms. The Labute approximate surface area is 224 Å². The van der Waals surface area contributed by atoms with Gasteiger partial charge in [-0.05, 0) is 59.9 Å². The van der Waals surface area contributed by atoms with Crippen molar-refractivity contribution >= 4 is 21.6 Å². The summed E-state index contributed by atoms with van der Waals surface area (Å²) < 4.78 is 121. The van der Waals surface area contributed by atoms with Crippen molar-refractivity contribution in [3.8, 4) is 5.75 Å². The second-order valence-corrected chi connectivity index (χ2v) is 11.0. The van der Waals surface area contributed by atoms with Crippen molar-refractivity contribution < 1.29 is 48.7 Å². The molecule has 1 aliphatic rings. The quantitative estimate of drug-likeness (QED) is 0.359. The van der Waals surface area contributed by atoms with Crippen LogP contribution in [0.2, 0.25) is 0 Å². The van der Waals surface area contributed by atoms with Gasteiger partial charge in [-0.15, -0.1) is 13.2 Å². The number of benzene rings is 3. The van der Waals surface area contributed by atoms with Gasteiger partial charge in [0.05, 0.1) is 16.9 Å². The average Bonchev–Trinajstić information content (AvgIpc) is 2.84. The van der Waals surface area contributed by atoms with Crippen molar-refractivity contribution in [1.82, 2.24) is 4.31 Å². The van der Waals surface area contributed by atoms with E-state index in [0.717, 1.165) is 34.6 Å². The van der Waals surface area contributed by atoms with E-state index >= 15 is 0 Å². The van der Waals surface area contributed by atoms with E-state index in [9.17, 15) is 43.9 Å². The first-order valence-electron chi connectivity index (χ1n) is 11.7. The molecular weight excluding hydrogens is 569 g/mol. The minimum absolute atomic E-state index is 0.0273. The number of aryl methyl sites for hydroxylation is 1. The third-order valence-corrected chi connectivity index (χ3v) is 8.06. The fourth-order valence-electron chi connectivity index (χ4n) is 4.37. The number of hydrogen-bond donors (Lipinski definition) is 1. The van der Waals surface area contributed by atoms with Gasteiger partial charge in [0, 0.05) is 24.8 Å². The van der Waals surface area contributed by atoms with Gasteiger partial charge in [0.25, 0.3) is 0 Å². The molecular formula is C26H21F7N2O4S. The summed E-state index contributed by atoms with van der Waals surface area (Å²) in [6.45, 7) is 1.52. The summed E-state index contributed by atoms with van der Waals surface area (Å²) in [4.78, 5) is 12.3. The van der Waals surface area contributed by atoms with Gasteiger partial charge in [0.15, 0.2) is 0 Å². The van der Waals surface area contributed by atoms with Crippen LogP contribution >= 0.6 is 0 Å². The highest BCUT2D eigenvalue weighted by atomic mass is 32.2. The zero-order chi connectivity index (χ0) is 29.5.